The van der Waals surface area contributed by atoms with Crippen LogP contribution in [0.15, 0.2) is 18.3 Å². The van der Waals surface area contributed by atoms with Crippen LogP contribution in [0.3, 0.4) is 0 Å². The van der Waals surface area contributed by atoms with E-state index in [-0.39, 0.29) is 5.95 Å². The molecule has 0 spiro atoms. The SMILES string of the molecule is COc1cc(OC)c(Cl)c(-c2cc3cnc(N)nc3c(CCNC(C)C)n2)c1Cl. The summed E-state index contributed by atoms with van der Waals surface area (Å²) in [6.45, 7) is 4.91. The molecule has 7 nitrogen and oxygen atoms in total. The molecule has 0 aliphatic heterocycles. The van der Waals surface area contributed by atoms with E-state index in [2.05, 4.69) is 29.1 Å². The number of anilines is 1. The van der Waals surface area contributed by atoms with Gasteiger partial charge in [0.15, 0.2) is 0 Å². The Morgan fingerprint density at radius 1 is 1.07 bits per heavy atom. The van der Waals surface area contributed by atoms with Crippen LogP contribution in [0.1, 0.15) is 19.5 Å². The van der Waals surface area contributed by atoms with Crippen molar-refractivity contribution in [3.63, 3.8) is 0 Å². The van der Waals surface area contributed by atoms with E-state index in [1.54, 1.807) is 12.3 Å². The smallest absolute Gasteiger partial charge is 0.220 e. The highest BCUT2D eigenvalue weighted by Gasteiger charge is 2.21. The zero-order valence-electron chi connectivity index (χ0n) is 16.7. The van der Waals surface area contributed by atoms with Crippen molar-refractivity contribution >= 4 is 40.1 Å². The number of nitrogens with one attached hydrogen (secondary N) is 1. The standard InChI is InChI=1S/C20H23Cl2N5O2/c1-10(2)24-6-5-12-19-11(9-25-20(23)27-19)7-13(26-12)16-17(21)14(28-3)8-15(29-4)18(16)22/h7-10,24H,5-6H2,1-4H3,(H2,23,25,27). The van der Waals surface area contributed by atoms with Crippen LogP contribution in [0, 0.1) is 0 Å². The molecule has 0 saturated carbocycles. The van der Waals surface area contributed by atoms with Crippen molar-refractivity contribution in [1.29, 1.82) is 0 Å². The highest BCUT2D eigenvalue weighted by molar-refractivity contribution is 6.41. The van der Waals surface area contributed by atoms with Crippen molar-refractivity contribution in [2.75, 3.05) is 26.5 Å². The van der Waals surface area contributed by atoms with Gasteiger partial charge in [0.25, 0.3) is 0 Å². The van der Waals surface area contributed by atoms with Gasteiger partial charge in [-0.05, 0) is 6.07 Å². The number of nitrogen functional groups attached to an aromatic ring is 1. The number of methoxy groups -OCH3 is 2. The molecule has 29 heavy (non-hydrogen) atoms. The fourth-order valence-electron chi connectivity index (χ4n) is 3.01. The summed E-state index contributed by atoms with van der Waals surface area (Å²) in [6.07, 6.45) is 2.32. The zero-order chi connectivity index (χ0) is 21.1. The molecule has 2 aromatic heterocycles. The molecule has 3 aromatic rings. The van der Waals surface area contributed by atoms with Crippen molar-refractivity contribution < 1.29 is 9.47 Å². The third-order valence-electron chi connectivity index (χ3n) is 4.40. The normalized spacial score (nSPS) is 11.3. The predicted octanol–water partition coefficient (Wildman–Crippen LogP) is 4.14. The van der Waals surface area contributed by atoms with Crippen molar-refractivity contribution in [2.45, 2.75) is 26.3 Å². The fraction of sp³-hybridized carbons (Fsp3) is 0.350. The molecule has 9 heteroatoms. The summed E-state index contributed by atoms with van der Waals surface area (Å²) in [5.74, 6) is 1.09. The second-order valence-corrected chi connectivity index (χ2v) is 7.52. The molecular formula is C20H23Cl2N5O2. The van der Waals surface area contributed by atoms with E-state index >= 15 is 0 Å². The summed E-state index contributed by atoms with van der Waals surface area (Å²) in [6, 6.07) is 3.84. The number of ether oxygens (including phenoxy) is 2. The Hall–Kier alpha value is -2.35. The highest BCUT2D eigenvalue weighted by Crippen LogP contribution is 2.45. The molecule has 0 saturated heterocycles. The molecule has 154 valence electrons. The number of rotatable bonds is 7. The number of hydrogen-bond donors (Lipinski definition) is 2. The summed E-state index contributed by atoms with van der Waals surface area (Å²) in [7, 11) is 3.07. The lowest BCUT2D eigenvalue weighted by molar-refractivity contribution is 0.395. The van der Waals surface area contributed by atoms with E-state index in [9.17, 15) is 0 Å². The predicted molar refractivity (Wildman–Crippen MR) is 117 cm³/mol. The van der Waals surface area contributed by atoms with Gasteiger partial charge in [-0.25, -0.2) is 9.97 Å². The molecular weight excluding hydrogens is 413 g/mol. The van der Waals surface area contributed by atoms with Gasteiger partial charge < -0.3 is 20.5 Å². The molecule has 1 aromatic carbocycles. The summed E-state index contributed by atoms with van der Waals surface area (Å²) in [5.41, 5.74) is 8.39. The van der Waals surface area contributed by atoms with Crippen LogP contribution in [0.4, 0.5) is 5.95 Å². The monoisotopic (exact) mass is 435 g/mol. The number of pyridine rings is 1. The van der Waals surface area contributed by atoms with Gasteiger partial charge >= 0.3 is 0 Å². The molecule has 0 amide bonds. The first-order valence-corrected chi connectivity index (χ1v) is 9.87. The molecule has 3 N–H and O–H groups in total. The quantitative estimate of drug-likeness (QED) is 0.575. The van der Waals surface area contributed by atoms with Crippen LogP contribution < -0.4 is 20.5 Å². The number of nitrogens with two attached hydrogens (primary N) is 1. The van der Waals surface area contributed by atoms with Gasteiger partial charge in [-0.15, -0.1) is 0 Å². The first-order chi connectivity index (χ1) is 13.8. The van der Waals surface area contributed by atoms with Crippen LogP contribution in [0.25, 0.3) is 22.2 Å². The second-order valence-electron chi connectivity index (χ2n) is 6.76. The largest absolute Gasteiger partial charge is 0.495 e. The summed E-state index contributed by atoms with van der Waals surface area (Å²) < 4.78 is 10.8. The maximum absolute atomic E-state index is 6.58. The lowest BCUT2D eigenvalue weighted by Crippen LogP contribution is -2.25. The topological polar surface area (TPSA) is 95.2 Å². The Labute approximate surface area is 179 Å². The Kier molecular flexibility index (Phi) is 6.62. The Morgan fingerprint density at radius 2 is 1.72 bits per heavy atom. The molecule has 0 aliphatic rings. The van der Waals surface area contributed by atoms with E-state index in [4.69, 9.17) is 43.4 Å². The molecule has 0 aliphatic carbocycles. The Bertz CT molecular complexity index is 1020. The van der Waals surface area contributed by atoms with Crippen molar-refractivity contribution in [3.05, 3.63) is 34.1 Å². The number of halogens is 2. The van der Waals surface area contributed by atoms with Crippen molar-refractivity contribution in [3.8, 4) is 22.8 Å². The highest BCUT2D eigenvalue weighted by atomic mass is 35.5. The fourth-order valence-corrected chi connectivity index (χ4v) is 3.71. The summed E-state index contributed by atoms with van der Waals surface area (Å²) >= 11 is 13.2. The molecule has 0 atom stereocenters. The lowest BCUT2D eigenvalue weighted by atomic mass is 10.1. The van der Waals surface area contributed by atoms with E-state index in [0.717, 1.165) is 17.6 Å². The third-order valence-corrected chi connectivity index (χ3v) is 5.15. The molecule has 0 unspecified atom stereocenters. The van der Waals surface area contributed by atoms with Crippen molar-refractivity contribution in [2.24, 2.45) is 0 Å². The van der Waals surface area contributed by atoms with E-state index in [1.165, 1.54) is 14.2 Å². The minimum atomic E-state index is 0.198. The average Bonchev–Trinajstić information content (AvgIpc) is 2.68. The summed E-state index contributed by atoms with van der Waals surface area (Å²) in [4.78, 5) is 13.3. The van der Waals surface area contributed by atoms with Gasteiger partial charge in [-0.2, -0.15) is 0 Å². The van der Waals surface area contributed by atoms with Gasteiger partial charge in [0.1, 0.15) is 11.5 Å². The van der Waals surface area contributed by atoms with Crippen molar-refractivity contribution in [1.82, 2.24) is 20.3 Å². The van der Waals surface area contributed by atoms with Gasteiger partial charge in [0, 0.05) is 42.2 Å². The maximum Gasteiger partial charge on any atom is 0.220 e. The van der Waals surface area contributed by atoms with Gasteiger partial charge in [-0.3, -0.25) is 4.98 Å². The number of aromatic nitrogens is 3. The van der Waals surface area contributed by atoms with E-state index < -0.39 is 0 Å². The van der Waals surface area contributed by atoms with Crippen LogP contribution in [-0.2, 0) is 6.42 Å². The van der Waals surface area contributed by atoms with Crippen LogP contribution in [-0.4, -0.2) is 41.8 Å². The van der Waals surface area contributed by atoms with E-state index in [0.29, 0.717) is 50.8 Å². The minimum absolute atomic E-state index is 0.198. The van der Waals surface area contributed by atoms with Gasteiger partial charge in [-0.1, -0.05) is 37.0 Å². The average molecular weight is 436 g/mol. The molecule has 0 fully saturated rings. The maximum atomic E-state index is 6.58. The first-order valence-electron chi connectivity index (χ1n) is 9.11. The summed E-state index contributed by atoms with van der Waals surface area (Å²) in [5, 5.41) is 4.88. The lowest BCUT2D eigenvalue weighted by Gasteiger charge is -2.16. The molecule has 0 radical (unpaired) electrons. The number of nitrogens with zero attached hydrogens (tertiary/aromatic N) is 3. The third kappa shape index (κ3) is 4.47. The minimum Gasteiger partial charge on any atom is -0.495 e. The number of hydrogen-bond acceptors (Lipinski definition) is 7. The Morgan fingerprint density at radius 3 is 2.31 bits per heavy atom. The number of benzene rings is 1. The van der Waals surface area contributed by atoms with Crippen LogP contribution in [0.2, 0.25) is 10.0 Å². The van der Waals surface area contributed by atoms with E-state index in [1.807, 2.05) is 6.07 Å². The number of fused-ring (bicyclic) bond motifs is 1. The van der Waals surface area contributed by atoms with Gasteiger partial charge in [0.05, 0.1) is 41.2 Å². The molecule has 3 rings (SSSR count). The molecule has 2 heterocycles. The second kappa shape index (κ2) is 8.98. The van der Waals surface area contributed by atoms with Crippen LogP contribution in [0.5, 0.6) is 11.5 Å². The zero-order valence-corrected chi connectivity index (χ0v) is 18.2. The first kappa shape index (κ1) is 21.4. The van der Waals surface area contributed by atoms with Gasteiger partial charge in [0.2, 0.25) is 5.95 Å². The molecule has 0 bridgehead atoms. The Balaban J connectivity index is 2.21. The van der Waals surface area contributed by atoms with Crippen LogP contribution >= 0.6 is 23.2 Å².